The fraction of sp³-hybridized carbons (Fsp3) is 0.138. The van der Waals surface area contributed by atoms with Gasteiger partial charge in [-0.05, 0) is 123 Å². The zero-order chi connectivity index (χ0) is 40.7. The molecule has 0 bridgehead atoms. The van der Waals surface area contributed by atoms with Gasteiger partial charge in [0.1, 0.15) is 0 Å². The van der Waals surface area contributed by atoms with Crippen molar-refractivity contribution in [3.63, 3.8) is 0 Å². The highest BCUT2D eigenvalue weighted by molar-refractivity contribution is 6.32. The van der Waals surface area contributed by atoms with E-state index in [4.69, 9.17) is 0 Å². The molecule has 2 heteroatoms. The van der Waals surface area contributed by atoms with E-state index in [1.54, 1.807) is 0 Å². The van der Waals surface area contributed by atoms with Gasteiger partial charge in [0.25, 0.3) is 0 Å². The van der Waals surface area contributed by atoms with Gasteiger partial charge in [0.05, 0.1) is 11.4 Å². The molecule has 0 saturated carbocycles. The van der Waals surface area contributed by atoms with Gasteiger partial charge in [-0.25, -0.2) is 0 Å². The largest absolute Gasteiger partial charge is 0.314 e. The Balaban J connectivity index is 1.34. The van der Waals surface area contributed by atoms with Crippen molar-refractivity contribution in [2.75, 3.05) is 9.80 Å². The van der Waals surface area contributed by atoms with Gasteiger partial charge in [-0.2, -0.15) is 0 Å². The van der Waals surface area contributed by atoms with E-state index in [9.17, 15) is 0 Å². The lowest BCUT2D eigenvalue weighted by molar-refractivity contribution is 0.865. The quantitative estimate of drug-likeness (QED) is 0.128. The van der Waals surface area contributed by atoms with Crippen LogP contribution in [-0.2, 0) is 0 Å². The molecular formula is C58H50N2. The Labute approximate surface area is 354 Å². The number of hydrogen-bond acceptors (Lipinski definition) is 2. The second-order valence-corrected chi connectivity index (χ2v) is 16.8. The Morgan fingerprint density at radius 3 is 1.28 bits per heavy atom. The molecule has 0 unspecified atom stereocenters. The fourth-order valence-corrected chi connectivity index (χ4v) is 9.30. The summed E-state index contributed by atoms with van der Waals surface area (Å²) >= 11 is 0. The maximum atomic E-state index is 2.54. The van der Waals surface area contributed by atoms with Crippen molar-refractivity contribution in [2.24, 2.45) is 0 Å². The first kappa shape index (κ1) is 37.4. The second kappa shape index (κ2) is 15.7. The normalized spacial score (nSPS) is 12.9. The molecule has 0 spiro atoms. The molecule has 0 radical (unpaired) electrons. The SMILES string of the molecule is CC(C)c1ccc(N(C2=CC=CCC2)c2cc(-c3ccccc3)c3ccc4c(N(c5ccccc5)c5ccc(C(C)C)cc5)cc(-c5ccccc5)c5ccc2c3c54)cc1. The molecule has 0 amide bonds. The minimum atomic E-state index is 0.449. The molecule has 0 aliphatic heterocycles. The standard InChI is InChI=1S/C58H50N2/c1-39(2)41-25-29-47(30-26-41)59(45-21-13-7-14-22-45)55-37-53(43-17-9-5-10-18-43)49-34-36-52-56(60(46-23-15-8-16-24-46)48-31-27-42(28-32-48)40(3)4)38-54(44-19-11-6-12-20-44)50-33-35-51(55)57(49)58(50)52/h5-15,17-23,25-40H,16,24H2,1-4H3. The minimum Gasteiger partial charge on any atom is -0.314 e. The van der Waals surface area contributed by atoms with Crippen LogP contribution < -0.4 is 9.80 Å². The van der Waals surface area contributed by atoms with Gasteiger partial charge >= 0.3 is 0 Å². The van der Waals surface area contributed by atoms with Crippen LogP contribution in [0.15, 0.2) is 200 Å². The predicted molar refractivity (Wildman–Crippen MR) is 259 cm³/mol. The average molecular weight is 775 g/mol. The third-order valence-corrected chi connectivity index (χ3v) is 12.4. The van der Waals surface area contributed by atoms with Gasteiger partial charge in [-0.1, -0.05) is 167 Å². The molecule has 292 valence electrons. The number of benzene rings is 9. The molecule has 0 atom stereocenters. The van der Waals surface area contributed by atoms with Crippen LogP contribution in [0.25, 0.3) is 54.6 Å². The van der Waals surface area contributed by atoms with E-state index in [0.717, 1.165) is 29.9 Å². The van der Waals surface area contributed by atoms with Crippen LogP contribution in [0.1, 0.15) is 63.5 Å². The smallest absolute Gasteiger partial charge is 0.0546 e. The maximum Gasteiger partial charge on any atom is 0.0546 e. The highest BCUT2D eigenvalue weighted by Gasteiger charge is 2.26. The van der Waals surface area contributed by atoms with Gasteiger partial charge in [-0.3, -0.25) is 0 Å². The highest BCUT2D eigenvalue weighted by atomic mass is 15.2. The zero-order valence-corrected chi connectivity index (χ0v) is 34.9. The summed E-state index contributed by atoms with van der Waals surface area (Å²) in [5.41, 5.74) is 14.7. The molecule has 10 rings (SSSR count). The Morgan fingerprint density at radius 1 is 0.417 bits per heavy atom. The number of rotatable bonds is 10. The molecule has 0 saturated heterocycles. The highest BCUT2D eigenvalue weighted by Crippen LogP contribution is 2.52. The molecule has 1 aliphatic rings. The Hall–Kier alpha value is -6.90. The first-order valence-electron chi connectivity index (χ1n) is 21.5. The summed E-state index contributed by atoms with van der Waals surface area (Å²) in [6.07, 6.45) is 8.81. The Kier molecular flexibility index (Phi) is 9.78. The fourth-order valence-electron chi connectivity index (χ4n) is 9.30. The summed E-state index contributed by atoms with van der Waals surface area (Å²) in [4.78, 5) is 5.00. The molecule has 0 fully saturated rings. The van der Waals surface area contributed by atoms with E-state index in [0.29, 0.717) is 11.8 Å². The van der Waals surface area contributed by atoms with Gasteiger partial charge < -0.3 is 9.80 Å². The van der Waals surface area contributed by atoms with Crippen LogP contribution >= 0.6 is 0 Å². The van der Waals surface area contributed by atoms with Crippen LogP contribution in [0.4, 0.5) is 28.4 Å². The van der Waals surface area contributed by atoms with Crippen LogP contribution in [0.2, 0.25) is 0 Å². The van der Waals surface area contributed by atoms with E-state index >= 15 is 0 Å². The third-order valence-electron chi connectivity index (χ3n) is 12.4. The lowest BCUT2D eigenvalue weighted by Crippen LogP contribution is -2.18. The molecule has 0 aromatic heterocycles. The number of allylic oxidation sites excluding steroid dienone is 4. The molecular weight excluding hydrogens is 725 g/mol. The predicted octanol–water partition coefficient (Wildman–Crippen LogP) is 17.0. The molecule has 1 aliphatic carbocycles. The van der Waals surface area contributed by atoms with Crippen molar-refractivity contribution < 1.29 is 0 Å². The van der Waals surface area contributed by atoms with Crippen molar-refractivity contribution in [1.29, 1.82) is 0 Å². The first-order valence-corrected chi connectivity index (χ1v) is 21.5. The lowest BCUT2D eigenvalue weighted by atomic mass is 9.85. The van der Waals surface area contributed by atoms with E-state index in [1.807, 2.05) is 0 Å². The molecule has 60 heavy (non-hydrogen) atoms. The summed E-state index contributed by atoms with van der Waals surface area (Å²) < 4.78 is 0. The van der Waals surface area contributed by atoms with Gasteiger partial charge in [0.15, 0.2) is 0 Å². The molecule has 0 N–H and O–H groups in total. The van der Waals surface area contributed by atoms with E-state index < -0.39 is 0 Å². The maximum absolute atomic E-state index is 2.54. The van der Waals surface area contributed by atoms with E-state index in [1.165, 1.54) is 82.8 Å². The van der Waals surface area contributed by atoms with Gasteiger partial charge in [-0.15, -0.1) is 0 Å². The van der Waals surface area contributed by atoms with Gasteiger partial charge in [0, 0.05) is 44.3 Å². The van der Waals surface area contributed by atoms with Crippen molar-refractivity contribution in [2.45, 2.75) is 52.4 Å². The Bertz CT molecular complexity index is 2990. The van der Waals surface area contributed by atoms with Crippen LogP contribution in [-0.4, -0.2) is 0 Å². The topological polar surface area (TPSA) is 6.48 Å². The molecule has 2 nitrogen and oxygen atoms in total. The summed E-state index contributed by atoms with van der Waals surface area (Å²) in [5, 5.41) is 7.56. The number of hydrogen-bond donors (Lipinski definition) is 0. The summed E-state index contributed by atoms with van der Waals surface area (Å²) in [6, 6.07) is 65.7. The molecule has 9 aromatic rings. The van der Waals surface area contributed by atoms with Crippen molar-refractivity contribution in [3.8, 4) is 22.3 Å². The number of anilines is 5. The Morgan fingerprint density at radius 2 is 0.833 bits per heavy atom. The number of para-hydroxylation sites is 1. The second-order valence-electron chi connectivity index (χ2n) is 16.8. The molecule has 9 aromatic carbocycles. The first-order chi connectivity index (χ1) is 29.4. The molecule has 0 heterocycles. The van der Waals surface area contributed by atoms with Crippen molar-refractivity contribution in [3.05, 3.63) is 211 Å². The summed E-state index contributed by atoms with van der Waals surface area (Å²) in [7, 11) is 0. The van der Waals surface area contributed by atoms with Crippen LogP contribution in [0, 0.1) is 0 Å². The number of nitrogens with zero attached hydrogens (tertiary/aromatic N) is 2. The van der Waals surface area contributed by atoms with Gasteiger partial charge in [0.2, 0.25) is 0 Å². The van der Waals surface area contributed by atoms with Crippen molar-refractivity contribution in [1.82, 2.24) is 0 Å². The summed E-state index contributed by atoms with van der Waals surface area (Å²) in [5.74, 6) is 0.907. The van der Waals surface area contributed by atoms with E-state index in [-0.39, 0.29) is 0 Å². The van der Waals surface area contributed by atoms with E-state index in [2.05, 4.69) is 232 Å². The van der Waals surface area contributed by atoms with Crippen molar-refractivity contribution >= 4 is 60.8 Å². The monoisotopic (exact) mass is 774 g/mol. The zero-order valence-electron chi connectivity index (χ0n) is 34.9. The average Bonchev–Trinajstić information content (AvgIpc) is 3.30. The van der Waals surface area contributed by atoms with Crippen LogP contribution in [0.3, 0.4) is 0 Å². The lowest BCUT2D eigenvalue weighted by Gasteiger charge is -2.32. The minimum absolute atomic E-state index is 0.449. The third kappa shape index (κ3) is 6.63. The summed E-state index contributed by atoms with van der Waals surface area (Å²) in [6.45, 7) is 9.06. The van der Waals surface area contributed by atoms with Crippen LogP contribution in [0.5, 0.6) is 0 Å².